The van der Waals surface area contributed by atoms with Crippen molar-refractivity contribution in [3.8, 4) is 11.4 Å². The Morgan fingerprint density at radius 1 is 1.15 bits per heavy atom. The van der Waals surface area contributed by atoms with Gasteiger partial charge in [0.1, 0.15) is 28.9 Å². The highest BCUT2D eigenvalue weighted by Gasteiger charge is 2.39. The monoisotopic (exact) mass is 601 g/mol. The molecule has 4 aromatic rings. The van der Waals surface area contributed by atoms with Gasteiger partial charge in [0.15, 0.2) is 5.13 Å². The minimum Gasteiger partial charge on any atom is -0.579 e. The normalized spacial score (nSPS) is 17.6. The van der Waals surface area contributed by atoms with Gasteiger partial charge in [0.2, 0.25) is 5.75 Å². The molecule has 1 atom stereocenters. The summed E-state index contributed by atoms with van der Waals surface area (Å²) in [7, 11) is 0. The van der Waals surface area contributed by atoms with Crippen molar-refractivity contribution in [1.29, 1.82) is 0 Å². The summed E-state index contributed by atoms with van der Waals surface area (Å²) in [5.74, 6) is -1.53. The highest BCUT2D eigenvalue weighted by molar-refractivity contribution is 7.87. The summed E-state index contributed by atoms with van der Waals surface area (Å²) in [6.45, 7) is 4.75. The molecule has 0 radical (unpaired) electrons. The standard InChI is InChI=1S/C27H29F2N7O3S2/c1-27(4-5-27)16-39-24-22(15-31-36(25(24)37)20-12-18(28)11-19(29)13-20)34-6-8-35(9-7-34)41(38)32-14-17-2-3-21-23(10-17)40-26(30)33-21/h2-3,10-13,15,32H,4-9,14,16H2,1H3,(H2,30,33). The summed E-state index contributed by atoms with van der Waals surface area (Å²) in [5, 5.41) is 4.73. The molecule has 1 saturated carbocycles. The van der Waals surface area contributed by atoms with Crippen LogP contribution in [0.5, 0.6) is 5.75 Å². The number of hydrogen-bond donors (Lipinski definition) is 2. The molecule has 2 aromatic carbocycles. The molecule has 3 heterocycles. The van der Waals surface area contributed by atoms with E-state index in [-0.39, 0.29) is 16.9 Å². The second-order valence-electron chi connectivity index (χ2n) is 10.6. The lowest BCUT2D eigenvalue weighted by molar-refractivity contribution is 0.242. The quantitative estimate of drug-likeness (QED) is 0.278. The predicted molar refractivity (Wildman–Crippen MR) is 155 cm³/mol. The van der Waals surface area contributed by atoms with Crippen LogP contribution in [0.15, 0.2) is 47.4 Å². The van der Waals surface area contributed by atoms with E-state index in [4.69, 9.17) is 10.5 Å². The van der Waals surface area contributed by atoms with Crippen LogP contribution in [0.3, 0.4) is 0 Å². The lowest BCUT2D eigenvalue weighted by Gasteiger charge is -2.35. The number of aromatic nitrogens is 3. The number of nitrogens with zero attached hydrogens (tertiary/aromatic N) is 5. The highest BCUT2D eigenvalue weighted by Crippen LogP contribution is 2.45. The summed E-state index contributed by atoms with van der Waals surface area (Å²) in [6, 6.07) is 8.66. The second-order valence-corrected chi connectivity index (χ2v) is 13.0. The van der Waals surface area contributed by atoms with E-state index in [9.17, 15) is 18.1 Å². The van der Waals surface area contributed by atoms with Crippen molar-refractivity contribution in [1.82, 2.24) is 23.8 Å². The maximum absolute atomic E-state index is 13.9. The van der Waals surface area contributed by atoms with Gasteiger partial charge in [-0.1, -0.05) is 24.3 Å². The zero-order valence-corrected chi connectivity index (χ0v) is 23.9. The van der Waals surface area contributed by atoms with Gasteiger partial charge < -0.3 is 19.9 Å². The van der Waals surface area contributed by atoms with Crippen molar-refractivity contribution in [2.24, 2.45) is 5.41 Å². The van der Waals surface area contributed by atoms with E-state index in [0.717, 1.165) is 51.5 Å². The summed E-state index contributed by atoms with van der Waals surface area (Å²) in [6.07, 6.45) is 3.49. The fourth-order valence-electron chi connectivity index (χ4n) is 4.67. The molecule has 1 aliphatic heterocycles. The van der Waals surface area contributed by atoms with Gasteiger partial charge in [0, 0.05) is 24.6 Å². The molecule has 2 aliphatic rings. The number of thiazole rings is 1. The number of nitrogens with one attached hydrogen (secondary N) is 1. The first-order valence-corrected chi connectivity index (χ1v) is 15.1. The Labute approximate surface area is 242 Å². The average molecular weight is 602 g/mol. The summed E-state index contributed by atoms with van der Waals surface area (Å²) >= 11 is -0.00825. The first-order chi connectivity index (χ1) is 19.7. The minimum atomic E-state index is -1.42. The van der Waals surface area contributed by atoms with Crippen molar-refractivity contribution >= 4 is 43.9 Å². The molecule has 1 aliphatic carbocycles. The van der Waals surface area contributed by atoms with Crippen LogP contribution in [0.25, 0.3) is 15.9 Å². The SMILES string of the molecule is CC1(COc2c(N3CCN([S+]([O-])NCc4ccc5nc(N)sc5c4)CC3)cnn(-c3cc(F)cc(F)c3)c2=O)CC1. The van der Waals surface area contributed by atoms with Crippen LogP contribution in [-0.2, 0) is 18.1 Å². The van der Waals surface area contributed by atoms with Gasteiger partial charge in [-0.2, -0.15) is 9.78 Å². The summed E-state index contributed by atoms with van der Waals surface area (Å²) < 4.78 is 53.7. The van der Waals surface area contributed by atoms with Gasteiger partial charge in [0.05, 0.1) is 48.3 Å². The number of nitrogens with two attached hydrogens (primary N) is 1. The van der Waals surface area contributed by atoms with Crippen molar-refractivity contribution in [2.75, 3.05) is 43.4 Å². The number of anilines is 2. The summed E-state index contributed by atoms with van der Waals surface area (Å²) in [5.41, 5.74) is 7.49. The fraction of sp³-hybridized carbons (Fsp3) is 0.370. The van der Waals surface area contributed by atoms with Crippen LogP contribution < -0.4 is 25.7 Å². The number of halogens is 2. The topological polar surface area (TPSA) is 125 Å². The molecular formula is C27H29F2N7O3S2. The Balaban J connectivity index is 1.15. The molecule has 10 nitrogen and oxygen atoms in total. The number of fused-ring (bicyclic) bond motifs is 1. The lowest BCUT2D eigenvalue weighted by atomic mass is 10.2. The van der Waals surface area contributed by atoms with Crippen molar-refractivity contribution in [3.63, 3.8) is 0 Å². The average Bonchev–Trinajstić information content (AvgIpc) is 3.56. The predicted octanol–water partition coefficient (Wildman–Crippen LogP) is 3.37. The van der Waals surface area contributed by atoms with Crippen LogP contribution >= 0.6 is 11.3 Å². The Bertz CT molecular complexity index is 1620. The second kappa shape index (κ2) is 11.2. The first kappa shape index (κ1) is 27.8. The number of piperazine rings is 1. The van der Waals surface area contributed by atoms with E-state index in [1.54, 1.807) is 0 Å². The molecule has 216 valence electrons. The van der Waals surface area contributed by atoms with Gasteiger partial charge >= 0.3 is 5.56 Å². The maximum Gasteiger partial charge on any atom is 0.316 e. The van der Waals surface area contributed by atoms with E-state index in [1.165, 1.54) is 17.5 Å². The third kappa shape index (κ3) is 6.16. The van der Waals surface area contributed by atoms with E-state index in [1.807, 2.05) is 27.4 Å². The highest BCUT2D eigenvalue weighted by atomic mass is 32.2. The fourth-order valence-corrected chi connectivity index (χ4v) is 6.43. The molecule has 41 heavy (non-hydrogen) atoms. The minimum absolute atomic E-state index is 0.00118. The first-order valence-electron chi connectivity index (χ1n) is 13.2. The molecule has 0 amide bonds. The molecule has 0 bridgehead atoms. The Morgan fingerprint density at radius 2 is 1.88 bits per heavy atom. The number of nitrogen functional groups attached to an aromatic ring is 1. The number of hydrogen-bond acceptors (Lipinski definition) is 10. The molecule has 0 spiro atoms. The molecule has 2 aromatic heterocycles. The third-order valence-corrected chi connectivity index (χ3v) is 9.43. The lowest BCUT2D eigenvalue weighted by Crippen LogP contribution is -2.52. The van der Waals surface area contributed by atoms with Crippen LogP contribution in [0.4, 0.5) is 19.6 Å². The number of ether oxygens (including phenoxy) is 1. The third-order valence-electron chi connectivity index (χ3n) is 7.36. The Hall–Kier alpha value is -3.30. The van der Waals surface area contributed by atoms with Gasteiger partial charge in [-0.3, -0.25) is 4.79 Å². The zero-order chi connectivity index (χ0) is 28.7. The zero-order valence-electron chi connectivity index (χ0n) is 22.3. The molecule has 2 fully saturated rings. The van der Waals surface area contributed by atoms with Crippen molar-refractivity contribution < 1.29 is 18.1 Å². The van der Waals surface area contributed by atoms with E-state index in [2.05, 4.69) is 21.7 Å². The largest absolute Gasteiger partial charge is 0.579 e. The maximum atomic E-state index is 13.9. The van der Waals surface area contributed by atoms with Crippen LogP contribution in [0.2, 0.25) is 0 Å². The van der Waals surface area contributed by atoms with Gasteiger partial charge in [-0.15, -0.1) is 9.03 Å². The van der Waals surface area contributed by atoms with E-state index in [0.29, 0.717) is 50.1 Å². The van der Waals surface area contributed by atoms with Gasteiger partial charge in [-0.25, -0.2) is 13.8 Å². The van der Waals surface area contributed by atoms with Crippen LogP contribution in [-0.4, -0.2) is 56.4 Å². The molecule has 1 saturated heterocycles. The van der Waals surface area contributed by atoms with Gasteiger partial charge in [-0.05, 0) is 42.7 Å². The summed E-state index contributed by atoms with van der Waals surface area (Å²) in [4.78, 5) is 19.7. The van der Waals surface area contributed by atoms with E-state index >= 15 is 0 Å². The molecule has 6 rings (SSSR count). The van der Waals surface area contributed by atoms with Crippen LogP contribution in [0.1, 0.15) is 25.3 Å². The smallest absolute Gasteiger partial charge is 0.316 e. The Morgan fingerprint density at radius 3 is 2.59 bits per heavy atom. The molecular weight excluding hydrogens is 572 g/mol. The number of rotatable bonds is 9. The van der Waals surface area contributed by atoms with Gasteiger partial charge in [0.25, 0.3) is 0 Å². The van der Waals surface area contributed by atoms with E-state index < -0.39 is 28.7 Å². The molecule has 14 heteroatoms. The Kier molecular flexibility index (Phi) is 7.59. The number of benzene rings is 2. The van der Waals surface area contributed by atoms with Crippen LogP contribution in [0, 0.1) is 17.0 Å². The molecule has 1 unspecified atom stereocenters. The van der Waals surface area contributed by atoms with Crippen molar-refractivity contribution in [2.45, 2.75) is 26.3 Å². The molecule has 3 N–H and O–H groups in total. The van der Waals surface area contributed by atoms with Crippen molar-refractivity contribution in [3.05, 3.63) is 70.1 Å².